The minimum absolute atomic E-state index is 0. The molecule has 0 saturated heterocycles. The third-order valence-corrected chi connectivity index (χ3v) is 2.92. The third kappa shape index (κ3) is 12.4. The molecular formula is C22H18F4O2Zr. The summed E-state index contributed by atoms with van der Waals surface area (Å²) in [6.45, 7) is 0. The van der Waals surface area contributed by atoms with E-state index in [0.29, 0.717) is 0 Å². The average molecular weight is 482 g/mol. The van der Waals surface area contributed by atoms with Gasteiger partial charge in [0.25, 0.3) is 0 Å². The van der Waals surface area contributed by atoms with Gasteiger partial charge in [0.1, 0.15) is 11.5 Å². The molecule has 0 aromatic heterocycles. The van der Waals surface area contributed by atoms with Gasteiger partial charge in [-0.15, -0.1) is 0 Å². The quantitative estimate of drug-likeness (QED) is 0.234. The van der Waals surface area contributed by atoms with Crippen LogP contribution in [-0.4, -0.2) is 10.2 Å². The topological polar surface area (TPSA) is 40.5 Å². The number of phenolic OH excluding ortho intramolecular Hbond substituents is 2. The zero-order valence-electron chi connectivity index (χ0n) is 15.1. The van der Waals surface area contributed by atoms with Crippen LogP contribution in [0.4, 0.5) is 17.6 Å². The van der Waals surface area contributed by atoms with Crippen molar-refractivity contribution in [1.29, 1.82) is 0 Å². The van der Waals surface area contributed by atoms with E-state index in [9.17, 15) is 17.6 Å². The van der Waals surface area contributed by atoms with E-state index in [2.05, 4.69) is 0 Å². The van der Waals surface area contributed by atoms with E-state index in [1.807, 2.05) is 60.7 Å². The molecule has 0 heterocycles. The van der Waals surface area contributed by atoms with Gasteiger partial charge in [-0.2, -0.15) is 36.4 Å². The number of aromatic hydroxyl groups is 2. The van der Waals surface area contributed by atoms with Crippen molar-refractivity contribution in [3.05, 3.63) is 120 Å². The van der Waals surface area contributed by atoms with Gasteiger partial charge in [-0.3, -0.25) is 0 Å². The van der Waals surface area contributed by atoms with Gasteiger partial charge in [-0.05, 0) is 24.3 Å². The molecule has 7 heteroatoms. The normalized spacial score (nSPS) is 8.69. The van der Waals surface area contributed by atoms with Crippen molar-refractivity contribution in [2.24, 2.45) is 0 Å². The molecule has 2 nitrogen and oxygen atoms in total. The molecule has 0 fully saturated rings. The average Bonchev–Trinajstić information content (AvgIpc) is 3.41. The second-order valence-corrected chi connectivity index (χ2v) is 5.12. The van der Waals surface area contributed by atoms with E-state index in [1.54, 1.807) is 0 Å². The molecule has 0 saturated carbocycles. The van der Waals surface area contributed by atoms with Crippen molar-refractivity contribution >= 4 is 0 Å². The van der Waals surface area contributed by atoms with Crippen LogP contribution < -0.4 is 0 Å². The van der Waals surface area contributed by atoms with E-state index in [1.165, 1.54) is 0 Å². The van der Waals surface area contributed by atoms with Crippen LogP contribution >= 0.6 is 0 Å². The maximum atomic E-state index is 12.0. The van der Waals surface area contributed by atoms with Gasteiger partial charge < -0.3 is 10.2 Å². The molecule has 0 bridgehead atoms. The van der Waals surface area contributed by atoms with Crippen molar-refractivity contribution in [3.63, 3.8) is 0 Å². The Morgan fingerprint density at radius 2 is 0.828 bits per heavy atom. The standard InChI is InChI=1S/2C6H4F2O.2C5H5.Zr/c2*7-5-2-1-4(9)3-6(5)8;2*1-2-4-5-3-1;/h2*1-3,9H;2*1-5H;/q;;2*-1;+2. The van der Waals surface area contributed by atoms with E-state index in [4.69, 9.17) is 10.2 Å². The number of rotatable bonds is 0. The van der Waals surface area contributed by atoms with Gasteiger partial charge in [-0.1, -0.05) is 0 Å². The van der Waals surface area contributed by atoms with Crippen LogP contribution in [0.15, 0.2) is 97.1 Å². The molecule has 2 N–H and O–H groups in total. The second kappa shape index (κ2) is 15.3. The Balaban J connectivity index is 0.000000369. The number of halogens is 4. The molecule has 0 aliphatic rings. The van der Waals surface area contributed by atoms with Crippen LogP contribution in [0.25, 0.3) is 0 Å². The first-order chi connectivity index (χ1) is 13.4. The summed E-state index contributed by atoms with van der Waals surface area (Å²) in [6.07, 6.45) is 0. The fourth-order valence-electron chi connectivity index (χ4n) is 1.61. The van der Waals surface area contributed by atoms with Gasteiger partial charge in [0.05, 0.1) is 0 Å². The van der Waals surface area contributed by atoms with Crippen molar-refractivity contribution < 1.29 is 54.0 Å². The molecule has 0 radical (unpaired) electrons. The van der Waals surface area contributed by atoms with Crippen molar-refractivity contribution in [2.45, 2.75) is 0 Å². The summed E-state index contributed by atoms with van der Waals surface area (Å²) in [5.41, 5.74) is 0. The maximum Gasteiger partial charge on any atom is 2.00 e. The predicted octanol–water partition coefficient (Wildman–Crippen LogP) is 6.15. The molecule has 0 atom stereocenters. The third-order valence-electron chi connectivity index (χ3n) is 2.92. The number of benzene rings is 2. The monoisotopic (exact) mass is 480 g/mol. The molecule has 0 amide bonds. The smallest absolute Gasteiger partial charge is 0.508 e. The minimum Gasteiger partial charge on any atom is -0.508 e. The van der Waals surface area contributed by atoms with Gasteiger partial charge in [0, 0.05) is 12.1 Å². The van der Waals surface area contributed by atoms with E-state index >= 15 is 0 Å². The predicted molar refractivity (Wildman–Crippen MR) is 100 cm³/mol. The molecule has 4 rings (SSSR count). The van der Waals surface area contributed by atoms with Gasteiger partial charge in [-0.25, -0.2) is 41.8 Å². The van der Waals surface area contributed by atoms with Crippen LogP contribution in [0.2, 0.25) is 0 Å². The molecule has 150 valence electrons. The second-order valence-electron chi connectivity index (χ2n) is 5.12. The van der Waals surface area contributed by atoms with Crippen molar-refractivity contribution in [2.75, 3.05) is 0 Å². The summed E-state index contributed by atoms with van der Waals surface area (Å²) in [4.78, 5) is 0. The first kappa shape index (κ1) is 26.3. The Kier molecular flexibility index (Phi) is 13.9. The number of phenols is 2. The summed E-state index contributed by atoms with van der Waals surface area (Å²) < 4.78 is 48.1. The fraction of sp³-hybridized carbons (Fsp3) is 0. The summed E-state index contributed by atoms with van der Waals surface area (Å²) in [6, 6.07) is 25.3. The minimum atomic E-state index is -1.03. The Hall–Kier alpha value is -2.66. The van der Waals surface area contributed by atoms with E-state index in [0.717, 1.165) is 36.4 Å². The molecule has 0 aliphatic carbocycles. The first-order valence-electron chi connectivity index (χ1n) is 8.01. The number of hydrogen-bond donors (Lipinski definition) is 2. The van der Waals surface area contributed by atoms with Crippen LogP contribution in [-0.2, 0) is 26.2 Å². The van der Waals surface area contributed by atoms with E-state index in [-0.39, 0.29) is 37.7 Å². The van der Waals surface area contributed by atoms with Crippen molar-refractivity contribution in [1.82, 2.24) is 0 Å². The van der Waals surface area contributed by atoms with Crippen LogP contribution in [0, 0.1) is 23.3 Å². The first-order valence-corrected chi connectivity index (χ1v) is 8.01. The Morgan fingerprint density at radius 3 is 1.00 bits per heavy atom. The molecular weight excluding hydrogens is 463 g/mol. The van der Waals surface area contributed by atoms with Gasteiger partial charge in [0.15, 0.2) is 23.3 Å². The summed E-state index contributed by atoms with van der Waals surface area (Å²) in [5.74, 6) is -4.51. The molecule has 4 aromatic rings. The van der Waals surface area contributed by atoms with Gasteiger partial charge in [0.2, 0.25) is 0 Å². The molecule has 0 unspecified atom stereocenters. The Morgan fingerprint density at radius 1 is 0.517 bits per heavy atom. The molecule has 29 heavy (non-hydrogen) atoms. The summed E-state index contributed by atoms with van der Waals surface area (Å²) in [7, 11) is 0. The zero-order valence-corrected chi connectivity index (χ0v) is 17.6. The fourth-order valence-corrected chi connectivity index (χ4v) is 1.61. The Bertz CT molecular complexity index is 785. The summed E-state index contributed by atoms with van der Waals surface area (Å²) >= 11 is 0. The SMILES string of the molecule is Oc1ccc(F)c(F)c1.Oc1ccc(F)c(F)c1.[Zr+2].c1cc[cH-]c1.c1cc[cH-]c1. The maximum absolute atomic E-state index is 12.0. The van der Waals surface area contributed by atoms with Gasteiger partial charge >= 0.3 is 26.2 Å². The summed E-state index contributed by atoms with van der Waals surface area (Å²) in [5, 5.41) is 17.1. The molecule has 0 aliphatic heterocycles. The Labute approximate surface area is 185 Å². The van der Waals surface area contributed by atoms with Crippen molar-refractivity contribution in [3.8, 4) is 11.5 Å². The number of hydrogen-bond acceptors (Lipinski definition) is 2. The zero-order chi connectivity index (χ0) is 20.8. The molecule has 0 spiro atoms. The van der Waals surface area contributed by atoms with Crippen LogP contribution in [0.3, 0.4) is 0 Å². The molecule has 4 aromatic carbocycles. The van der Waals surface area contributed by atoms with Crippen LogP contribution in [0.1, 0.15) is 0 Å². The largest absolute Gasteiger partial charge is 2.00 e. The van der Waals surface area contributed by atoms with E-state index < -0.39 is 23.3 Å². The van der Waals surface area contributed by atoms with Crippen LogP contribution in [0.5, 0.6) is 11.5 Å².